The van der Waals surface area contributed by atoms with Gasteiger partial charge in [0.1, 0.15) is 16.8 Å². The van der Waals surface area contributed by atoms with Crippen LogP contribution in [-0.2, 0) is 36.1 Å². The number of amides is 3. The zero-order valence-electron chi connectivity index (χ0n) is 58.1. The molecule has 0 radical (unpaired) electrons. The van der Waals surface area contributed by atoms with Gasteiger partial charge in [0, 0.05) is 131 Å². The number of piperidine rings is 3. The van der Waals surface area contributed by atoms with Gasteiger partial charge in [-0.15, -0.1) is 0 Å². The number of likely N-dealkylation sites (tertiary alicyclic amines) is 3. The number of nitrogens with one attached hydrogen (secondary N) is 2. The second kappa shape index (κ2) is 34.6. The molecule has 12 rings (SSSR count). The first-order valence-electron chi connectivity index (χ1n) is 33.6. The number of halogens is 9. The SMILES string of the molecule is CC(C)(C)OC(=O)N1CCC(C#N)CC1.Clc1cnc2c(c1)NCC21CCCCC1.Clc1cncc2c1C1(CCCCC1)CN2.Fc1cc(Cl)cnc1F.[C-]#[N+]C1(c2cc(Cl)cnc2F)CCN(C(=O)OC(C)(C)C)CC1.[C-]#[N+]C1(c2ncc(Cl)cc2F)CCN(C(=O)OC(C)(C)C)CC1. The number of rotatable bonds is 2. The number of pyridine rings is 5. The fourth-order valence-electron chi connectivity index (χ4n) is 13.1. The van der Waals surface area contributed by atoms with Crippen molar-refractivity contribution in [1.29, 1.82) is 5.26 Å². The minimum atomic E-state index is -1.13. The number of carbonyl (C=O) groups is 3. The number of anilines is 2. The van der Waals surface area contributed by atoms with E-state index in [1.165, 1.54) is 93.9 Å². The molecular weight excluding hydrogens is 1400 g/mol. The van der Waals surface area contributed by atoms with Crippen molar-refractivity contribution in [2.24, 2.45) is 5.92 Å². The van der Waals surface area contributed by atoms with Crippen LogP contribution in [0.4, 0.5) is 43.3 Å². The van der Waals surface area contributed by atoms with E-state index in [-0.39, 0.29) is 33.3 Å². The standard InChI is InChI=1S/2C16H19ClFN3O2.2C12H15ClN2.C11H18N2O2.C5H2ClF2N/c1-15(2,3)23-14(22)21-7-5-16(19-4,6-8-21)13-12(18)9-11(17)10-20-13;1-15(2,3)23-14(22)21-7-5-16(19-4,6-8-21)12-9-11(17)10-20-13(12)18;13-9-6-14-7-10-11(9)12(8-15-10)4-2-1-3-5-12;13-9-6-10-11(14-7-9)12(8-15-10)4-2-1-3-5-12;1-11(2,3)15-10(14)13-6-4-9(8-12)5-7-13;6-3-1-4(7)5(8)9-2-3/h2*9-10H,5-8H2,1-3H3;2*6-7,15H,1-5,8H2;9H,4-7H2,1-3H3;1-2H. The Balaban J connectivity index is 0.000000172. The predicted octanol–water partition coefficient (Wildman–Crippen LogP) is 18.9. The third-order valence-electron chi connectivity index (χ3n) is 18.2. The highest BCUT2D eigenvalue weighted by Gasteiger charge is 2.49. The lowest BCUT2D eigenvalue weighted by Gasteiger charge is -2.35. The molecule has 7 aliphatic rings. The van der Waals surface area contributed by atoms with E-state index >= 15 is 0 Å². The first-order valence-corrected chi connectivity index (χ1v) is 35.4. The molecule has 0 unspecified atom stereocenters. The van der Waals surface area contributed by atoms with Gasteiger partial charge in [-0.1, -0.05) is 96.5 Å². The summed E-state index contributed by atoms with van der Waals surface area (Å²) in [5, 5.41) is 17.8. The van der Waals surface area contributed by atoms with E-state index < -0.39 is 63.6 Å². The van der Waals surface area contributed by atoms with E-state index in [2.05, 4.69) is 51.3 Å². The molecule has 0 bridgehead atoms. The van der Waals surface area contributed by atoms with Crippen LogP contribution in [0.5, 0.6) is 0 Å². The number of carbonyl (C=O) groups excluding carboxylic acids is 3. The summed E-state index contributed by atoms with van der Waals surface area (Å²) in [4.78, 5) is 67.2. The van der Waals surface area contributed by atoms with Gasteiger partial charge >= 0.3 is 18.3 Å². The molecule has 28 heteroatoms. The molecular formula is C72H88Cl5F4N13O6. The molecule has 2 aliphatic carbocycles. The number of ether oxygens (including phenoxy) is 3. The lowest BCUT2D eigenvalue weighted by atomic mass is 9.71. The maximum Gasteiger partial charge on any atom is 0.410 e. The molecule has 10 heterocycles. The molecule has 5 aliphatic heterocycles. The van der Waals surface area contributed by atoms with E-state index in [0.29, 0.717) is 80.8 Å². The van der Waals surface area contributed by atoms with Crippen LogP contribution in [0.15, 0.2) is 61.4 Å². The molecule has 100 heavy (non-hydrogen) atoms. The second-order valence-corrected chi connectivity index (χ2v) is 31.1. The summed E-state index contributed by atoms with van der Waals surface area (Å²) < 4.78 is 68.1. The third-order valence-corrected chi connectivity index (χ3v) is 19.3. The average molecular weight is 1480 g/mol. The molecule has 5 aromatic heterocycles. The lowest BCUT2D eigenvalue weighted by Crippen LogP contribution is -2.46. The summed E-state index contributed by atoms with van der Waals surface area (Å²) >= 11 is 29.1. The van der Waals surface area contributed by atoms with Crippen molar-refractivity contribution in [1.82, 2.24) is 39.6 Å². The van der Waals surface area contributed by atoms with Crippen molar-refractivity contribution in [3.63, 3.8) is 0 Å². The summed E-state index contributed by atoms with van der Waals surface area (Å²) in [6.07, 6.45) is 23.9. The first kappa shape index (κ1) is 80.1. The molecule has 540 valence electrons. The highest BCUT2D eigenvalue weighted by atomic mass is 35.5. The van der Waals surface area contributed by atoms with E-state index in [9.17, 15) is 31.9 Å². The van der Waals surface area contributed by atoms with Crippen LogP contribution in [0.25, 0.3) is 9.69 Å². The molecule has 5 fully saturated rings. The smallest absolute Gasteiger partial charge is 0.410 e. The van der Waals surface area contributed by atoms with Gasteiger partial charge in [0.15, 0.2) is 17.3 Å². The molecule has 0 atom stereocenters. The van der Waals surface area contributed by atoms with Crippen LogP contribution < -0.4 is 10.6 Å². The fraction of sp³-hybridized carbons (Fsp3) is 0.569. The Hall–Kier alpha value is -7.20. The lowest BCUT2D eigenvalue weighted by molar-refractivity contribution is 0.0169. The van der Waals surface area contributed by atoms with E-state index in [4.69, 9.17) is 90.6 Å². The summed E-state index contributed by atoms with van der Waals surface area (Å²) in [5.41, 5.74) is 2.13. The normalized spacial score (nSPS) is 18.4. The summed E-state index contributed by atoms with van der Waals surface area (Å²) in [5.74, 6) is -3.32. The molecule has 3 saturated heterocycles. The molecule has 0 aromatic carbocycles. The number of hydrogen-bond donors (Lipinski definition) is 2. The average Bonchev–Trinajstić information content (AvgIpc) is 1.57. The highest BCUT2D eigenvalue weighted by Crippen LogP contribution is 2.50. The first-order chi connectivity index (χ1) is 47.1. The molecule has 2 saturated carbocycles. The van der Waals surface area contributed by atoms with Gasteiger partial charge in [0.25, 0.3) is 11.1 Å². The molecule has 5 aromatic rings. The van der Waals surface area contributed by atoms with Gasteiger partial charge in [0.05, 0.1) is 60.0 Å². The fourth-order valence-corrected chi connectivity index (χ4v) is 14.1. The van der Waals surface area contributed by atoms with Gasteiger partial charge in [-0.2, -0.15) is 14.0 Å². The number of nitriles is 1. The van der Waals surface area contributed by atoms with Crippen molar-refractivity contribution in [3.05, 3.63) is 155 Å². The van der Waals surface area contributed by atoms with Crippen molar-refractivity contribution in [2.45, 2.75) is 204 Å². The van der Waals surface area contributed by atoms with Gasteiger partial charge in [0.2, 0.25) is 11.9 Å². The van der Waals surface area contributed by atoms with Crippen LogP contribution in [-0.4, -0.2) is 127 Å². The minimum Gasteiger partial charge on any atom is -0.444 e. The number of hydrogen-bond acceptors (Lipinski definition) is 14. The molecule has 3 amide bonds. The molecule has 2 spiro atoms. The van der Waals surface area contributed by atoms with Gasteiger partial charge < -0.3 is 49.2 Å². The monoisotopic (exact) mass is 1480 g/mol. The van der Waals surface area contributed by atoms with Gasteiger partial charge in [-0.3, -0.25) is 9.97 Å². The quantitative estimate of drug-likeness (QED) is 0.0729. The summed E-state index contributed by atoms with van der Waals surface area (Å²) in [7, 11) is 0. The zero-order chi connectivity index (χ0) is 73.4. The Morgan fingerprint density at radius 3 is 1.39 bits per heavy atom. The minimum absolute atomic E-state index is 0.0916. The van der Waals surface area contributed by atoms with Gasteiger partial charge in [-0.05, 0) is 125 Å². The number of nitrogens with zero attached hydrogens (tertiary/aromatic N) is 11. The predicted molar refractivity (Wildman–Crippen MR) is 379 cm³/mol. The zero-order valence-corrected chi connectivity index (χ0v) is 61.9. The van der Waals surface area contributed by atoms with Crippen molar-refractivity contribution in [3.8, 4) is 6.07 Å². The van der Waals surface area contributed by atoms with Crippen LogP contribution in [0.3, 0.4) is 0 Å². The van der Waals surface area contributed by atoms with Crippen molar-refractivity contribution < 1.29 is 46.2 Å². The van der Waals surface area contributed by atoms with Crippen LogP contribution in [0.2, 0.25) is 25.1 Å². The summed E-state index contributed by atoms with van der Waals surface area (Å²) in [6.45, 7) is 36.0. The van der Waals surface area contributed by atoms with Gasteiger partial charge in [-0.25, -0.2) is 51.3 Å². The Labute approximate surface area is 609 Å². The molecule has 2 N–H and O–H groups in total. The number of aromatic nitrogens is 5. The summed E-state index contributed by atoms with van der Waals surface area (Å²) in [6, 6.07) is 7.72. The van der Waals surface area contributed by atoms with E-state index in [1.54, 1.807) is 68.6 Å². The third kappa shape index (κ3) is 21.7. The van der Waals surface area contributed by atoms with E-state index in [0.717, 1.165) is 65.7 Å². The number of fused-ring (bicyclic) bond motifs is 4. The Morgan fingerprint density at radius 2 is 0.930 bits per heavy atom. The largest absolute Gasteiger partial charge is 0.444 e. The van der Waals surface area contributed by atoms with Crippen LogP contribution in [0, 0.1) is 53.9 Å². The van der Waals surface area contributed by atoms with Crippen LogP contribution >= 0.6 is 58.0 Å². The maximum atomic E-state index is 14.1. The Bertz CT molecular complexity index is 3780. The van der Waals surface area contributed by atoms with E-state index in [1.807, 2.05) is 33.0 Å². The van der Waals surface area contributed by atoms with Crippen LogP contribution in [0.1, 0.15) is 188 Å². The second-order valence-electron chi connectivity index (χ2n) is 29.0. The maximum absolute atomic E-state index is 14.1. The highest BCUT2D eigenvalue weighted by molar-refractivity contribution is 6.32. The van der Waals surface area contributed by atoms with Crippen molar-refractivity contribution in [2.75, 3.05) is 63.0 Å². The Morgan fingerprint density at radius 1 is 0.520 bits per heavy atom. The topological polar surface area (TPSA) is 210 Å². The van der Waals surface area contributed by atoms with Crippen molar-refractivity contribution >= 4 is 87.7 Å². The molecule has 19 nitrogen and oxygen atoms in total. The Kier molecular flexibility index (Phi) is 27.8.